The Kier molecular flexibility index (Phi) is 7.03. The molecule has 3 rings (SSSR count). The smallest absolute Gasteiger partial charge is 0.169 e. The van der Waals surface area contributed by atoms with Gasteiger partial charge in [0.15, 0.2) is 5.11 Å². The largest absolute Gasteiger partial charge is 0.362 e. The molecule has 0 amide bonds. The van der Waals surface area contributed by atoms with Crippen LogP contribution in [-0.2, 0) is 19.4 Å². The lowest BCUT2D eigenvalue weighted by Crippen LogP contribution is -2.41. The number of nitrogens with zero attached hydrogens (tertiary/aromatic N) is 1. The second-order valence-electron chi connectivity index (χ2n) is 5.80. The van der Waals surface area contributed by atoms with E-state index in [0.717, 1.165) is 37.6 Å². The predicted molar refractivity (Wildman–Crippen MR) is 113 cm³/mol. The third-order valence-corrected chi connectivity index (χ3v) is 6.15. The minimum Gasteiger partial charge on any atom is -0.362 e. The van der Waals surface area contributed by atoms with Crippen LogP contribution in [0.3, 0.4) is 0 Å². The number of hydrogen-bond donors (Lipinski definition) is 1. The summed E-state index contributed by atoms with van der Waals surface area (Å²) in [5.74, 6) is 0. The Labute approximate surface area is 163 Å². The summed E-state index contributed by atoms with van der Waals surface area (Å²) >= 11 is 9.28. The summed E-state index contributed by atoms with van der Waals surface area (Å²) in [5.41, 5.74) is 1.33. The first-order chi connectivity index (χ1) is 12.3. The van der Waals surface area contributed by atoms with Crippen LogP contribution in [0.2, 0.25) is 0 Å². The van der Waals surface area contributed by atoms with Crippen LogP contribution in [0.5, 0.6) is 0 Å². The molecule has 1 aromatic carbocycles. The zero-order valence-electron chi connectivity index (χ0n) is 14.1. The van der Waals surface area contributed by atoms with Crippen molar-refractivity contribution in [3.63, 3.8) is 0 Å². The van der Waals surface area contributed by atoms with Crippen LogP contribution in [-0.4, -0.2) is 23.1 Å². The summed E-state index contributed by atoms with van der Waals surface area (Å²) < 4.78 is 0. The van der Waals surface area contributed by atoms with Gasteiger partial charge in [-0.1, -0.05) is 42.5 Å². The highest BCUT2D eigenvalue weighted by atomic mass is 32.1. The molecule has 5 heteroatoms. The van der Waals surface area contributed by atoms with Crippen LogP contribution in [0.15, 0.2) is 65.4 Å². The Bertz CT molecular complexity index is 737. The van der Waals surface area contributed by atoms with Gasteiger partial charge in [-0.15, -0.1) is 22.7 Å². The number of nitrogens with one attached hydrogen (secondary N) is 1. The van der Waals surface area contributed by atoms with Crippen molar-refractivity contribution in [3.05, 3.63) is 80.7 Å². The van der Waals surface area contributed by atoms with Gasteiger partial charge in [-0.3, -0.25) is 0 Å². The molecule has 0 saturated heterocycles. The molecule has 0 spiro atoms. The van der Waals surface area contributed by atoms with E-state index in [1.165, 1.54) is 15.3 Å². The molecular formula is C20H22N2S3. The maximum absolute atomic E-state index is 5.68. The van der Waals surface area contributed by atoms with E-state index < -0.39 is 0 Å². The van der Waals surface area contributed by atoms with Gasteiger partial charge in [0, 0.05) is 22.8 Å². The Morgan fingerprint density at radius 3 is 2.28 bits per heavy atom. The molecule has 0 aliphatic rings. The molecular weight excluding hydrogens is 364 g/mol. The van der Waals surface area contributed by atoms with Gasteiger partial charge < -0.3 is 10.2 Å². The van der Waals surface area contributed by atoms with Gasteiger partial charge in [0.05, 0.1) is 6.54 Å². The second-order valence-corrected chi connectivity index (χ2v) is 8.25. The molecule has 25 heavy (non-hydrogen) atoms. The van der Waals surface area contributed by atoms with E-state index in [1.807, 2.05) is 11.3 Å². The molecule has 1 N–H and O–H groups in total. The number of thiocarbonyl (C=S) groups is 1. The molecule has 0 radical (unpaired) electrons. The average molecular weight is 387 g/mol. The quantitative estimate of drug-likeness (QED) is 0.550. The van der Waals surface area contributed by atoms with Crippen molar-refractivity contribution >= 4 is 40.0 Å². The van der Waals surface area contributed by atoms with E-state index in [0.29, 0.717) is 0 Å². The van der Waals surface area contributed by atoms with E-state index in [-0.39, 0.29) is 0 Å². The van der Waals surface area contributed by atoms with Crippen LogP contribution in [0, 0.1) is 0 Å². The van der Waals surface area contributed by atoms with Crippen molar-refractivity contribution in [1.82, 2.24) is 10.2 Å². The molecule has 0 aliphatic heterocycles. The lowest BCUT2D eigenvalue weighted by molar-refractivity contribution is 0.414. The van der Waals surface area contributed by atoms with E-state index in [9.17, 15) is 0 Å². The number of benzene rings is 1. The molecule has 0 saturated carbocycles. The fourth-order valence-corrected chi connectivity index (χ4v) is 4.29. The van der Waals surface area contributed by atoms with E-state index in [4.69, 9.17) is 12.2 Å². The van der Waals surface area contributed by atoms with Crippen molar-refractivity contribution in [2.45, 2.75) is 19.4 Å². The van der Waals surface area contributed by atoms with E-state index >= 15 is 0 Å². The highest BCUT2D eigenvalue weighted by Crippen LogP contribution is 2.15. The summed E-state index contributed by atoms with van der Waals surface area (Å²) in [6.07, 6.45) is 2.02. The third kappa shape index (κ3) is 5.96. The minimum absolute atomic E-state index is 0.848. The lowest BCUT2D eigenvalue weighted by atomic mass is 10.1. The van der Waals surface area contributed by atoms with Crippen molar-refractivity contribution in [1.29, 1.82) is 0 Å². The zero-order chi connectivity index (χ0) is 17.3. The molecule has 0 unspecified atom stereocenters. The maximum Gasteiger partial charge on any atom is 0.169 e. The van der Waals surface area contributed by atoms with Gasteiger partial charge in [-0.2, -0.15) is 0 Å². The van der Waals surface area contributed by atoms with Crippen LogP contribution in [0.1, 0.15) is 15.3 Å². The van der Waals surface area contributed by atoms with Crippen LogP contribution >= 0.6 is 34.9 Å². The Balaban J connectivity index is 1.54. The topological polar surface area (TPSA) is 15.3 Å². The molecule has 2 aromatic heterocycles. The van der Waals surface area contributed by atoms with Gasteiger partial charge in [-0.25, -0.2) is 0 Å². The van der Waals surface area contributed by atoms with Crippen molar-refractivity contribution in [2.75, 3.05) is 13.1 Å². The van der Waals surface area contributed by atoms with Gasteiger partial charge in [-0.05, 0) is 53.5 Å². The first-order valence-corrected chi connectivity index (χ1v) is 10.6. The average Bonchev–Trinajstić information content (AvgIpc) is 3.33. The first-order valence-electron chi connectivity index (χ1n) is 8.43. The van der Waals surface area contributed by atoms with Gasteiger partial charge >= 0.3 is 0 Å². The van der Waals surface area contributed by atoms with Gasteiger partial charge in [0.25, 0.3) is 0 Å². The zero-order valence-corrected chi connectivity index (χ0v) is 16.5. The molecule has 2 heterocycles. The monoisotopic (exact) mass is 386 g/mol. The number of hydrogen-bond acceptors (Lipinski definition) is 3. The van der Waals surface area contributed by atoms with Crippen molar-refractivity contribution in [3.8, 4) is 0 Å². The van der Waals surface area contributed by atoms with Gasteiger partial charge in [0.2, 0.25) is 0 Å². The minimum atomic E-state index is 0.848. The van der Waals surface area contributed by atoms with E-state index in [2.05, 4.69) is 75.6 Å². The Morgan fingerprint density at radius 1 is 0.880 bits per heavy atom. The number of thiophene rings is 2. The van der Waals surface area contributed by atoms with Crippen molar-refractivity contribution < 1.29 is 0 Å². The van der Waals surface area contributed by atoms with Crippen LogP contribution < -0.4 is 5.32 Å². The molecule has 0 fully saturated rings. The summed E-state index contributed by atoms with van der Waals surface area (Å²) in [6, 6.07) is 19.1. The normalized spacial score (nSPS) is 10.6. The maximum atomic E-state index is 5.68. The number of rotatable bonds is 8. The highest BCUT2D eigenvalue weighted by molar-refractivity contribution is 7.80. The Hall–Kier alpha value is -1.69. The fourth-order valence-electron chi connectivity index (χ4n) is 2.61. The summed E-state index contributed by atoms with van der Waals surface area (Å²) in [5, 5.41) is 8.55. The van der Waals surface area contributed by atoms with Crippen LogP contribution in [0.4, 0.5) is 0 Å². The van der Waals surface area contributed by atoms with Crippen molar-refractivity contribution in [2.24, 2.45) is 0 Å². The standard InChI is InChI=1S/C20H22N2S3/c23-20(21-12-10-17-6-2-1-3-7-17)22(16-19-9-5-15-25-19)13-11-18-8-4-14-24-18/h1-9,14-15H,10-13,16H2,(H,21,23). The lowest BCUT2D eigenvalue weighted by Gasteiger charge is -2.25. The fraction of sp³-hybridized carbons (Fsp3) is 0.250. The van der Waals surface area contributed by atoms with Gasteiger partial charge in [0.1, 0.15) is 0 Å². The van der Waals surface area contributed by atoms with E-state index in [1.54, 1.807) is 11.3 Å². The molecule has 0 aliphatic carbocycles. The van der Waals surface area contributed by atoms with Crippen LogP contribution in [0.25, 0.3) is 0 Å². The molecule has 130 valence electrons. The molecule has 3 aromatic rings. The predicted octanol–water partition coefficient (Wildman–Crippen LogP) is 4.97. The summed E-state index contributed by atoms with van der Waals surface area (Å²) in [7, 11) is 0. The third-order valence-electron chi connectivity index (χ3n) is 3.95. The summed E-state index contributed by atoms with van der Waals surface area (Å²) in [4.78, 5) is 5.04. The first kappa shape index (κ1) is 18.1. The molecule has 0 bridgehead atoms. The summed E-state index contributed by atoms with van der Waals surface area (Å²) in [6.45, 7) is 2.68. The highest BCUT2D eigenvalue weighted by Gasteiger charge is 2.11. The molecule has 0 atom stereocenters. The SMILES string of the molecule is S=C(NCCc1ccccc1)N(CCc1cccs1)Cc1cccs1. The molecule has 2 nitrogen and oxygen atoms in total. The Morgan fingerprint density at radius 2 is 1.60 bits per heavy atom. The second kappa shape index (κ2) is 9.70.